The van der Waals surface area contributed by atoms with Gasteiger partial charge in [0.15, 0.2) is 5.65 Å². The second-order valence-electron chi connectivity index (χ2n) is 5.60. The normalized spacial score (nSPS) is 10.8. The molecule has 0 atom stereocenters. The first kappa shape index (κ1) is 15.2. The summed E-state index contributed by atoms with van der Waals surface area (Å²) in [5.41, 5.74) is 3.76. The number of benzene rings is 1. The second-order valence-corrected chi connectivity index (χ2v) is 5.60. The van der Waals surface area contributed by atoms with Crippen LogP contribution in [0.15, 0.2) is 36.5 Å². The molecule has 3 rings (SSSR count). The van der Waals surface area contributed by atoms with E-state index in [1.807, 2.05) is 19.2 Å². The Morgan fingerprint density at radius 3 is 2.78 bits per heavy atom. The van der Waals surface area contributed by atoms with Crippen LogP contribution in [0, 0.1) is 24.1 Å². The Hall–Kier alpha value is -2.74. The van der Waals surface area contributed by atoms with Gasteiger partial charge in [-0.1, -0.05) is 12.1 Å². The number of rotatable bonds is 5. The van der Waals surface area contributed by atoms with Gasteiger partial charge in [0.25, 0.3) is 0 Å². The minimum Gasteiger partial charge on any atom is -0.312 e. The molecule has 0 unspecified atom stereocenters. The molecular formula is C18H17FN4. The Kier molecular flexibility index (Phi) is 4.33. The summed E-state index contributed by atoms with van der Waals surface area (Å²) in [7, 11) is 0. The molecule has 1 aromatic carbocycles. The molecular weight excluding hydrogens is 291 g/mol. The van der Waals surface area contributed by atoms with Gasteiger partial charge in [-0.05, 0) is 42.7 Å². The molecule has 0 aliphatic carbocycles. The molecule has 2 heterocycles. The van der Waals surface area contributed by atoms with Crippen molar-refractivity contribution in [1.29, 1.82) is 5.26 Å². The average Bonchev–Trinajstić information content (AvgIpc) is 2.86. The summed E-state index contributed by atoms with van der Waals surface area (Å²) in [4.78, 5) is 9.19. The van der Waals surface area contributed by atoms with Crippen molar-refractivity contribution in [1.82, 2.24) is 14.5 Å². The zero-order valence-corrected chi connectivity index (χ0v) is 13.0. The first-order chi connectivity index (χ1) is 11.2. The predicted octanol–water partition coefficient (Wildman–Crippen LogP) is 3.77. The highest BCUT2D eigenvalue weighted by molar-refractivity contribution is 5.72. The summed E-state index contributed by atoms with van der Waals surface area (Å²) in [6.45, 7) is 2.69. The van der Waals surface area contributed by atoms with Crippen LogP contribution in [0.2, 0.25) is 0 Å². The van der Waals surface area contributed by atoms with Crippen molar-refractivity contribution in [2.75, 3.05) is 0 Å². The maximum absolute atomic E-state index is 13.1. The first-order valence-corrected chi connectivity index (χ1v) is 7.60. The Morgan fingerprint density at radius 2 is 2.04 bits per heavy atom. The van der Waals surface area contributed by atoms with Crippen LogP contribution in [-0.2, 0) is 13.0 Å². The predicted molar refractivity (Wildman–Crippen MR) is 86.3 cm³/mol. The van der Waals surface area contributed by atoms with E-state index in [1.165, 1.54) is 12.1 Å². The number of aromatic nitrogens is 3. The van der Waals surface area contributed by atoms with Gasteiger partial charge in [-0.25, -0.2) is 14.4 Å². The molecule has 0 N–H and O–H groups in total. The van der Waals surface area contributed by atoms with Crippen LogP contribution in [-0.4, -0.2) is 14.5 Å². The average molecular weight is 308 g/mol. The van der Waals surface area contributed by atoms with Crippen LogP contribution < -0.4 is 0 Å². The van der Waals surface area contributed by atoms with E-state index in [2.05, 4.69) is 15.6 Å². The summed E-state index contributed by atoms with van der Waals surface area (Å²) in [6, 6.07) is 10.6. The Labute approximate surface area is 134 Å². The summed E-state index contributed by atoms with van der Waals surface area (Å²) in [5, 5.41) is 8.75. The maximum atomic E-state index is 13.1. The quantitative estimate of drug-likeness (QED) is 0.674. The van der Waals surface area contributed by atoms with Crippen molar-refractivity contribution in [3.63, 3.8) is 0 Å². The zero-order chi connectivity index (χ0) is 16.2. The number of halogens is 1. The van der Waals surface area contributed by atoms with Gasteiger partial charge < -0.3 is 4.57 Å². The molecule has 0 bridgehead atoms. The van der Waals surface area contributed by atoms with Crippen molar-refractivity contribution in [3.8, 4) is 6.07 Å². The molecule has 2 aromatic heterocycles. The number of hydrogen-bond donors (Lipinski definition) is 0. The smallest absolute Gasteiger partial charge is 0.160 e. The van der Waals surface area contributed by atoms with E-state index in [1.54, 1.807) is 12.1 Å². The van der Waals surface area contributed by atoms with E-state index in [-0.39, 0.29) is 5.82 Å². The van der Waals surface area contributed by atoms with Crippen LogP contribution in [0.25, 0.3) is 11.2 Å². The van der Waals surface area contributed by atoms with E-state index in [0.717, 1.165) is 34.5 Å². The fraction of sp³-hybridized carbons (Fsp3) is 0.278. The van der Waals surface area contributed by atoms with E-state index in [9.17, 15) is 4.39 Å². The van der Waals surface area contributed by atoms with Crippen molar-refractivity contribution < 1.29 is 4.39 Å². The third-order valence-electron chi connectivity index (χ3n) is 3.75. The van der Waals surface area contributed by atoms with Gasteiger partial charge in [0.1, 0.15) is 17.2 Å². The highest BCUT2D eigenvalue weighted by atomic mass is 19.1. The van der Waals surface area contributed by atoms with Crippen LogP contribution in [0.3, 0.4) is 0 Å². The molecule has 0 radical (unpaired) electrons. The van der Waals surface area contributed by atoms with Gasteiger partial charge in [0.2, 0.25) is 0 Å². The number of aryl methyl sites for hydroxylation is 2. The molecule has 116 valence electrons. The summed E-state index contributed by atoms with van der Waals surface area (Å²) >= 11 is 0. The molecule has 23 heavy (non-hydrogen) atoms. The molecule has 0 aliphatic heterocycles. The summed E-state index contributed by atoms with van der Waals surface area (Å²) in [5.74, 6) is 0.649. The zero-order valence-electron chi connectivity index (χ0n) is 13.0. The second kappa shape index (κ2) is 6.57. The third-order valence-corrected chi connectivity index (χ3v) is 3.75. The van der Waals surface area contributed by atoms with E-state index in [4.69, 9.17) is 10.2 Å². The van der Waals surface area contributed by atoms with E-state index in [0.29, 0.717) is 19.4 Å². The molecule has 0 saturated carbocycles. The van der Waals surface area contributed by atoms with E-state index < -0.39 is 0 Å². The van der Waals surface area contributed by atoms with Crippen molar-refractivity contribution >= 4 is 11.2 Å². The van der Waals surface area contributed by atoms with Gasteiger partial charge in [-0.3, -0.25) is 0 Å². The number of imidazole rings is 1. The molecule has 4 nitrogen and oxygen atoms in total. The molecule has 3 aromatic rings. The van der Waals surface area contributed by atoms with Crippen molar-refractivity contribution in [2.45, 2.75) is 32.7 Å². The highest BCUT2D eigenvalue weighted by Gasteiger charge is 2.12. The molecule has 0 fully saturated rings. The van der Waals surface area contributed by atoms with Crippen LogP contribution in [0.1, 0.15) is 29.8 Å². The number of nitrogens with zero attached hydrogens (tertiary/aromatic N) is 4. The van der Waals surface area contributed by atoms with Gasteiger partial charge in [-0.15, -0.1) is 0 Å². The Morgan fingerprint density at radius 1 is 1.26 bits per heavy atom. The minimum atomic E-state index is -0.242. The lowest BCUT2D eigenvalue weighted by atomic mass is 10.1. The largest absolute Gasteiger partial charge is 0.312 e. The highest BCUT2D eigenvalue weighted by Crippen LogP contribution is 2.19. The van der Waals surface area contributed by atoms with Crippen molar-refractivity contribution in [2.24, 2.45) is 0 Å². The van der Waals surface area contributed by atoms with Gasteiger partial charge in [-0.2, -0.15) is 5.26 Å². The number of hydrogen-bond acceptors (Lipinski definition) is 3. The number of nitriles is 1. The van der Waals surface area contributed by atoms with Gasteiger partial charge in [0.05, 0.1) is 6.07 Å². The van der Waals surface area contributed by atoms with Crippen LogP contribution >= 0.6 is 0 Å². The molecule has 0 saturated heterocycles. The van der Waals surface area contributed by atoms with Gasteiger partial charge in [0, 0.05) is 25.6 Å². The fourth-order valence-electron chi connectivity index (χ4n) is 2.63. The van der Waals surface area contributed by atoms with Crippen molar-refractivity contribution in [3.05, 3.63) is 59.3 Å². The maximum Gasteiger partial charge on any atom is 0.160 e. The van der Waals surface area contributed by atoms with Crippen LogP contribution in [0.5, 0.6) is 0 Å². The SMILES string of the molecule is Cc1cnc2c(c1)nc(Cc1ccc(F)cc1)n2CCCC#N. The molecule has 5 heteroatoms. The van der Waals surface area contributed by atoms with Crippen LogP contribution in [0.4, 0.5) is 4.39 Å². The molecule has 0 aliphatic rings. The standard InChI is InChI=1S/C18H17FN4/c1-13-10-16-18(21-12-13)23(9-3-2-8-20)17(22-16)11-14-4-6-15(19)7-5-14/h4-7,10,12H,2-3,9,11H2,1H3. The lowest BCUT2D eigenvalue weighted by Crippen LogP contribution is -2.05. The lowest BCUT2D eigenvalue weighted by Gasteiger charge is -2.07. The Balaban J connectivity index is 1.98. The van der Waals surface area contributed by atoms with E-state index >= 15 is 0 Å². The molecule has 0 spiro atoms. The summed E-state index contributed by atoms with van der Waals surface area (Å²) in [6.07, 6.45) is 3.70. The minimum absolute atomic E-state index is 0.242. The Bertz CT molecular complexity index is 859. The summed E-state index contributed by atoms with van der Waals surface area (Å²) < 4.78 is 15.1. The third kappa shape index (κ3) is 3.37. The number of fused-ring (bicyclic) bond motifs is 1. The monoisotopic (exact) mass is 308 g/mol. The number of pyridine rings is 1. The number of unbranched alkanes of at least 4 members (excludes halogenated alkanes) is 1. The molecule has 0 amide bonds. The topological polar surface area (TPSA) is 54.5 Å². The van der Waals surface area contributed by atoms with Gasteiger partial charge >= 0.3 is 0 Å². The first-order valence-electron chi connectivity index (χ1n) is 7.60. The fourth-order valence-corrected chi connectivity index (χ4v) is 2.63. The lowest BCUT2D eigenvalue weighted by molar-refractivity contribution is 0.625.